The second-order valence-corrected chi connectivity index (χ2v) is 3.56. The van der Waals surface area contributed by atoms with Gasteiger partial charge in [-0.3, -0.25) is 9.69 Å². The van der Waals surface area contributed by atoms with Crippen LogP contribution < -0.4 is 0 Å². The first-order valence-corrected chi connectivity index (χ1v) is 4.73. The molecule has 68 valence electrons. The van der Waals surface area contributed by atoms with Gasteiger partial charge in [-0.15, -0.1) is 0 Å². The number of nitrogens with zero attached hydrogens (tertiary/aromatic N) is 1. The summed E-state index contributed by atoms with van der Waals surface area (Å²) >= 11 is 0. The molecule has 0 spiro atoms. The van der Waals surface area contributed by atoms with Gasteiger partial charge in [-0.05, 0) is 26.3 Å². The Bertz CT molecular complexity index is 193. The minimum absolute atomic E-state index is 0.0145. The van der Waals surface area contributed by atoms with E-state index in [2.05, 4.69) is 4.90 Å². The van der Waals surface area contributed by atoms with Crippen molar-refractivity contribution in [2.24, 2.45) is 5.92 Å². The van der Waals surface area contributed by atoms with E-state index in [4.69, 9.17) is 4.74 Å². The van der Waals surface area contributed by atoms with Crippen molar-refractivity contribution >= 4 is 5.97 Å². The first kappa shape index (κ1) is 8.05. The molecule has 0 saturated carbocycles. The number of esters is 1. The first-order valence-electron chi connectivity index (χ1n) is 4.73. The molecule has 0 aromatic heterocycles. The summed E-state index contributed by atoms with van der Waals surface area (Å²) in [6.07, 6.45) is 2.43. The van der Waals surface area contributed by atoms with Gasteiger partial charge in [-0.1, -0.05) is 0 Å². The number of hydrogen-bond acceptors (Lipinski definition) is 3. The van der Waals surface area contributed by atoms with Crippen LogP contribution in [-0.4, -0.2) is 36.6 Å². The zero-order valence-corrected chi connectivity index (χ0v) is 7.45. The summed E-state index contributed by atoms with van der Waals surface area (Å²) in [6.45, 7) is 4.50. The molecule has 2 rings (SSSR count). The Balaban J connectivity index is 1.87. The molecule has 2 aliphatic heterocycles. The van der Waals surface area contributed by atoms with Gasteiger partial charge in [0, 0.05) is 12.6 Å². The van der Waals surface area contributed by atoms with Crippen molar-refractivity contribution in [3.8, 4) is 0 Å². The monoisotopic (exact) mass is 169 g/mol. The molecule has 0 N–H and O–H groups in total. The third-order valence-electron chi connectivity index (χ3n) is 2.90. The molecule has 2 aliphatic rings. The zero-order valence-electron chi connectivity index (χ0n) is 7.45. The van der Waals surface area contributed by atoms with Gasteiger partial charge in [-0.2, -0.15) is 0 Å². The van der Waals surface area contributed by atoms with E-state index in [0.29, 0.717) is 12.6 Å². The molecule has 2 atom stereocenters. The molecule has 0 bridgehead atoms. The lowest BCUT2D eigenvalue weighted by atomic mass is 9.89. The standard InChI is InChI=1S/C9H15NO2/c1-2-12-9(11)7-6-10-5-3-4-8(7)10/h7-8H,2-6H2,1H3/t7?,8-/m0/s1. The number of fused-ring (bicyclic) bond motifs is 1. The van der Waals surface area contributed by atoms with Crippen LogP contribution in [0.3, 0.4) is 0 Å². The van der Waals surface area contributed by atoms with Crippen LogP contribution in [-0.2, 0) is 9.53 Å². The molecule has 0 amide bonds. The Morgan fingerprint density at radius 3 is 3.17 bits per heavy atom. The number of hydrogen-bond donors (Lipinski definition) is 0. The van der Waals surface area contributed by atoms with E-state index in [1.54, 1.807) is 0 Å². The maximum atomic E-state index is 11.3. The normalized spacial score (nSPS) is 34.1. The fourth-order valence-electron chi connectivity index (χ4n) is 2.25. The molecule has 2 saturated heterocycles. The molecule has 0 aromatic rings. The van der Waals surface area contributed by atoms with Crippen molar-refractivity contribution in [1.29, 1.82) is 0 Å². The van der Waals surface area contributed by atoms with Crippen LogP contribution in [0.2, 0.25) is 0 Å². The largest absolute Gasteiger partial charge is 0.466 e. The van der Waals surface area contributed by atoms with E-state index in [1.165, 1.54) is 19.4 Å². The van der Waals surface area contributed by atoms with Crippen LogP contribution in [0, 0.1) is 5.92 Å². The molecular weight excluding hydrogens is 154 g/mol. The third kappa shape index (κ3) is 1.12. The Morgan fingerprint density at radius 2 is 2.50 bits per heavy atom. The molecule has 3 heteroatoms. The average molecular weight is 169 g/mol. The van der Waals surface area contributed by atoms with Crippen molar-refractivity contribution in [3.63, 3.8) is 0 Å². The van der Waals surface area contributed by atoms with Crippen LogP contribution in [0.1, 0.15) is 19.8 Å². The summed E-state index contributed by atoms with van der Waals surface area (Å²) in [5, 5.41) is 0. The summed E-state index contributed by atoms with van der Waals surface area (Å²) in [5.74, 6) is 0.202. The second kappa shape index (κ2) is 3.05. The zero-order chi connectivity index (χ0) is 8.55. The Labute approximate surface area is 72.7 Å². The van der Waals surface area contributed by atoms with Gasteiger partial charge in [-0.25, -0.2) is 0 Å². The molecule has 0 aliphatic carbocycles. The van der Waals surface area contributed by atoms with Crippen molar-refractivity contribution in [2.75, 3.05) is 19.7 Å². The highest BCUT2D eigenvalue weighted by Crippen LogP contribution is 2.34. The molecule has 12 heavy (non-hydrogen) atoms. The fraction of sp³-hybridized carbons (Fsp3) is 0.889. The predicted molar refractivity (Wildman–Crippen MR) is 44.7 cm³/mol. The van der Waals surface area contributed by atoms with Gasteiger partial charge < -0.3 is 4.74 Å². The van der Waals surface area contributed by atoms with E-state index in [0.717, 1.165) is 6.54 Å². The molecular formula is C9H15NO2. The number of carbonyl (C=O) groups is 1. The maximum absolute atomic E-state index is 11.3. The second-order valence-electron chi connectivity index (χ2n) is 3.56. The van der Waals surface area contributed by atoms with Gasteiger partial charge in [0.1, 0.15) is 0 Å². The van der Waals surface area contributed by atoms with Crippen LogP contribution in [0.15, 0.2) is 0 Å². The van der Waals surface area contributed by atoms with E-state index in [1.807, 2.05) is 6.92 Å². The summed E-state index contributed by atoms with van der Waals surface area (Å²) in [6, 6.07) is 0.518. The number of carbonyl (C=O) groups excluding carboxylic acids is 1. The maximum Gasteiger partial charge on any atom is 0.311 e. The van der Waals surface area contributed by atoms with Crippen LogP contribution in [0.25, 0.3) is 0 Å². The molecule has 0 radical (unpaired) electrons. The Hall–Kier alpha value is -0.570. The van der Waals surface area contributed by atoms with E-state index >= 15 is 0 Å². The van der Waals surface area contributed by atoms with E-state index < -0.39 is 0 Å². The fourth-order valence-corrected chi connectivity index (χ4v) is 2.25. The minimum atomic E-state index is 0.0145. The van der Waals surface area contributed by atoms with E-state index in [-0.39, 0.29) is 11.9 Å². The SMILES string of the molecule is CCOC(=O)C1CN2CCC[C@@H]12. The van der Waals surface area contributed by atoms with Crippen LogP contribution in [0.4, 0.5) is 0 Å². The summed E-state index contributed by atoms with van der Waals surface area (Å²) in [7, 11) is 0. The quantitative estimate of drug-likeness (QED) is 0.568. The van der Waals surface area contributed by atoms with Gasteiger partial charge >= 0.3 is 5.97 Å². The number of ether oxygens (including phenoxy) is 1. The molecule has 3 nitrogen and oxygen atoms in total. The van der Waals surface area contributed by atoms with Crippen LogP contribution in [0.5, 0.6) is 0 Å². The summed E-state index contributed by atoms with van der Waals surface area (Å²) < 4.78 is 4.99. The lowest BCUT2D eigenvalue weighted by Gasteiger charge is -2.41. The smallest absolute Gasteiger partial charge is 0.311 e. The average Bonchev–Trinajstić information content (AvgIpc) is 2.33. The molecule has 1 unspecified atom stereocenters. The topological polar surface area (TPSA) is 29.5 Å². The highest BCUT2D eigenvalue weighted by atomic mass is 16.5. The highest BCUT2D eigenvalue weighted by Gasteiger charge is 2.46. The highest BCUT2D eigenvalue weighted by molar-refractivity contribution is 5.74. The molecule has 2 fully saturated rings. The summed E-state index contributed by atoms with van der Waals surface area (Å²) in [5.41, 5.74) is 0. The van der Waals surface area contributed by atoms with Crippen molar-refractivity contribution in [2.45, 2.75) is 25.8 Å². The van der Waals surface area contributed by atoms with Crippen LogP contribution >= 0.6 is 0 Å². The van der Waals surface area contributed by atoms with Crippen molar-refractivity contribution < 1.29 is 9.53 Å². The minimum Gasteiger partial charge on any atom is -0.466 e. The lowest BCUT2D eigenvalue weighted by molar-refractivity contribution is -0.157. The predicted octanol–water partition coefficient (Wildman–Crippen LogP) is 0.644. The Morgan fingerprint density at radius 1 is 1.67 bits per heavy atom. The third-order valence-corrected chi connectivity index (χ3v) is 2.90. The van der Waals surface area contributed by atoms with Gasteiger partial charge in [0.2, 0.25) is 0 Å². The van der Waals surface area contributed by atoms with Gasteiger partial charge in [0.15, 0.2) is 0 Å². The lowest BCUT2D eigenvalue weighted by Crippen LogP contribution is -2.55. The van der Waals surface area contributed by atoms with Gasteiger partial charge in [0.05, 0.1) is 12.5 Å². The van der Waals surface area contributed by atoms with E-state index in [9.17, 15) is 4.79 Å². The molecule has 2 heterocycles. The summed E-state index contributed by atoms with van der Waals surface area (Å²) in [4.78, 5) is 13.7. The Kier molecular flexibility index (Phi) is 2.05. The van der Waals surface area contributed by atoms with Gasteiger partial charge in [0.25, 0.3) is 0 Å². The number of rotatable bonds is 2. The van der Waals surface area contributed by atoms with Crippen molar-refractivity contribution in [1.82, 2.24) is 4.90 Å². The first-order chi connectivity index (χ1) is 5.83. The molecule has 0 aromatic carbocycles. The van der Waals surface area contributed by atoms with Crippen molar-refractivity contribution in [3.05, 3.63) is 0 Å².